The van der Waals surface area contributed by atoms with Gasteiger partial charge >= 0.3 is 0 Å². The molecule has 0 amide bonds. The number of rotatable bonds is 5. The van der Waals surface area contributed by atoms with Crippen LogP contribution >= 0.6 is 22.6 Å². The summed E-state index contributed by atoms with van der Waals surface area (Å²) in [5, 5.41) is 4.00. The zero-order valence-electron chi connectivity index (χ0n) is 13.7. The Morgan fingerprint density at radius 3 is 2.54 bits per heavy atom. The lowest BCUT2D eigenvalue weighted by molar-refractivity contribution is 0.104. The molecule has 2 aromatic heterocycles. The minimum Gasteiger partial charge on any atom is -0.345 e. The molecule has 0 spiro atoms. The fourth-order valence-corrected chi connectivity index (χ4v) is 3.30. The fourth-order valence-electron chi connectivity index (χ4n) is 2.80. The molecular weight excluding hydrogens is 439 g/mol. The van der Waals surface area contributed by atoms with E-state index in [4.69, 9.17) is 0 Å². The van der Waals surface area contributed by atoms with Gasteiger partial charge in [0.05, 0.1) is 10.9 Å². The summed E-state index contributed by atoms with van der Waals surface area (Å²) in [4.78, 5) is 24.6. The number of fused-ring (bicyclic) bond motifs is 1. The molecule has 0 atom stereocenters. The fraction of sp³-hybridized carbons (Fsp3) is 0.0500. The first kappa shape index (κ1) is 16.7. The molecule has 5 nitrogen and oxygen atoms in total. The molecule has 26 heavy (non-hydrogen) atoms. The maximum Gasteiger partial charge on any atom is 0.195 e. The molecule has 0 saturated carbocycles. The largest absolute Gasteiger partial charge is 0.345 e. The van der Waals surface area contributed by atoms with Crippen molar-refractivity contribution in [1.29, 1.82) is 0 Å². The number of H-pyrrole nitrogens is 1. The lowest BCUT2D eigenvalue weighted by atomic mass is 10.0. The highest BCUT2D eigenvalue weighted by molar-refractivity contribution is 14.1. The van der Waals surface area contributed by atoms with E-state index in [1.54, 1.807) is 18.3 Å². The van der Waals surface area contributed by atoms with Crippen molar-refractivity contribution in [3.05, 3.63) is 83.8 Å². The van der Waals surface area contributed by atoms with Gasteiger partial charge in [0.2, 0.25) is 0 Å². The summed E-state index contributed by atoms with van der Waals surface area (Å²) in [6.07, 6.45) is 3.18. The zero-order chi connectivity index (χ0) is 17.9. The molecule has 0 unspecified atom stereocenters. The van der Waals surface area contributed by atoms with Crippen LogP contribution in [0.25, 0.3) is 11.0 Å². The minimum absolute atomic E-state index is 0.0602. The quantitative estimate of drug-likeness (QED) is 0.257. The van der Waals surface area contributed by atoms with E-state index in [2.05, 4.69) is 55.0 Å². The van der Waals surface area contributed by atoms with Gasteiger partial charge in [0.1, 0.15) is 17.8 Å². The van der Waals surface area contributed by atoms with E-state index in [1.165, 1.54) is 11.9 Å². The smallest absolute Gasteiger partial charge is 0.195 e. The number of ketones is 1. The Morgan fingerprint density at radius 1 is 1.04 bits per heavy atom. The van der Waals surface area contributed by atoms with Gasteiger partial charge in [-0.3, -0.25) is 4.79 Å². The highest BCUT2D eigenvalue weighted by Crippen LogP contribution is 2.28. The second-order valence-electron chi connectivity index (χ2n) is 5.80. The van der Waals surface area contributed by atoms with E-state index in [0.29, 0.717) is 28.0 Å². The van der Waals surface area contributed by atoms with Crippen LogP contribution in [0.5, 0.6) is 0 Å². The monoisotopic (exact) mass is 454 g/mol. The summed E-state index contributed by atoms with van der Waals surface area (Å²) >= 11 is 2.33. The molecule has 2 heterocycles. The zero-order valence-corrected chi connectivity index (χ0v) is 15.9. The number of alkyl halides is 1. The van der Waals surface area contributed by atoms with Crippen LogP contribution in [-0.2, 0) is 4.43 Å². The maximum absolute atomic E-state index is 12.9. The molecule has 0 aliphatic carbocycles. The van der Waals surface area contributed by atoms with Gasteiger partial charge in [0, 0.05) is 21.9 Å². The average molecular weight is 454 g/mol. The second-order valence-corrected chi connectivity index (χ2v) is 6.56. The minimum atomic E-state index is -0.0602. The number of aromatic amines is 1. The highest BCUT2D eigenvalue weighted by atomic mass is 127. The predicted octanol–water partition coefficient (Wildman–Crippen LogP) is 4.87. The Kier molecular flexibility index (Phi) is 4.66. The molecule has 128 valence electrons. The third-order valence-electron chi connectivity index (χ3n) is 4.12. The van der Waals surface area contributed by atoms with E-state index in [0.717, 1.165) is 10.1 Å². The van der Waals surface area contributed by atoms with Crippen molar-refractivity contribution in [2.75, 3.05) is 5.32 Å². The number of nitrogens with zero attached hydrogens (tertiary/aromatic N) is 2. The van der Waals surface area contributed by atoms with Gasteiger partial charge in [-0.15, -0.1) is 0 Å². The third-order valence-corrected chi connectivity index (χ3v) is 5.00. The Labute approximate surface area is 164 Å². The molecule has 4 aromatic rings. The number of nitrogens with one attached hydrogen (secondary N) is 2. The summed E-state index contributed by atoms with van der Waals surface area (Å²) in [7, 11) is 0. The molecule has 0 radical (unpaired) electrons. The van der Waals surface area contributed by atoms with E-state index in [-0.39, 0.29) is 5.78 Å². The van der Waals surface area contributed by atoms with Crippen LogP contribution in [-0.4, -0.2) is 20.7 Å². The van der Waals surface area contributed by atoms with Crippen LogP contribution in [0.3, 0.4) is 0 Å². The van der Waals surface area contributed by atoms with Crippen LogP contribution in [0.4, 0.5) is 11.5 Å². The van der Waals surface area contributed by atoms with Gasteiger partial charge in [0.25, 0.3) is 0 Å². The van der Waals surface area contributed by atoms with Gasteiger partial charge in [-0.2, -0.15) is 0 Å². The van der Waals surface area contributed by atoms with Crippen molar-refractivity contribution in [3.63, 3.8) is 0 Å². The lowest BCUT2D eigenvalue weighted by Crippen LogP contribution is -2.02. The van der Waals surface area contributed by atoms with Gasteiger partial charge < -0.3 is 10.3 Å². The third kappa shape index (κ3) is 3.20. The number of carbonyl (C=O) groups excluding carboxylic acids is 1. The summed E-state index contributed by atoms with van der Waals surface area (Å²) in [5.41, 5.74) is 3.99. The number of hydrogen-bond acceptors (Lipinski definition) is 4. The number of carbonyl (C=O) groups is 1. The molecule has 2 N–H and O–H groups in total. The van der Waals surface area contributed by atoms with E-state index < -0.39 is 0 Å². The topological polar surface area (TPSA) is 70.7 Å². The van der Waals surface area contributed by atoms with Crippen LogP contribution in [0.1, 0.15) is 21.5 Å². The van der Waals surface area contributed by atoms with Crippen molar-refractivity contribution in [3.8, 4) is 0 Å². The number of aromatic nitrogens is 3. The number of halogens is 1. The van der Waals surface area contributed by atoms with Crippen LogP contribution in [0.2, 0.25) is 0 Å². The predicted molar refractivity (Wildman–Crippen MR) is 111 cm³/mol. The van der Waals surface area contributed by atoms with Gasteiger partial charge in [-0.05, 0) is 17.7 Å². The van der Waals surface area contributed by atoms with Gasteiger partial charge in [0.15, 0.2) is 5.78 Å². The van der Waals surface area contributed by atoms with Crippen LogP contribution < -0.4 is 5.32 Å². The maximum atomic E-state index is 12.9. The van der Waals surface area contributed by atoms with E-state index in [1.807, 2.05) is 30.3 Å². The van der Waals surface area contributed by atoms with Crippen molar-refractivity contribution < 1.29 is 4.79 Å². The molecule has 2 aromatic carbocycles. The molecule has 0 saturated heterocycles. The molecular formula is C20H15IN4O. The summed E-state index contributed by atoms with van der Waals surface area (Å²) in [6, 6.07) is 17.4. The van der Waals surface area contributed by atoms with Crippen molar-refractivity contribution >= 4 is 50.9 Å². The summed E-state index contributed by atoms with van der Waals surface area (Å²) in [5.74, 6) is 0.549. The van der Waals surface area contributed by atoms with Crippen LogP contribution in [0.15, 0.2) is 67.1 Å². The highest BCUT2D eigenvalue weighted by Gasteiger charge is 2.18. The Hall–Kier alpha value is -2.74. The summed E-state index contributed by atoms with van der Waals surface area (Å²) in [6.45, 7) is 0. The molecule has 0 fully saturated rings. The normalized spacial score (nSPS) is 10.8. The molecule has 0 aliphatic heterocycles. The molecule has 0 aliphatic rings. The summed E-state index contributed by atoms with van der Waals surface area (Å²) < 4.78 is 0.962. The Bertz CT molecular complexity index is 1060. The average Bonchev–Trinajstić information content (AvgIpc) is 3.14. The van der Waals surface area contributed by atoms with Crippen molar-refractivity contribution in [1.82, 2.24) is 15.0 Å². The molecule has 0 bridgehead atoms. The first-order valence-electron chi connectivity index (χ1n) is 8.10. The number of benzene rings is 2. The van der Waals surface area contributed by atoms with E-state index in [9.17, 15) is 4.79 Å². The Balaban J connectivity index is 1.75. The molecule has 4 rings (SSSR count). The first-order chi connectivity index (χ1) is 12.8. The van der Waals surface area contributed by atoms with Crippen LogP contribution in [0, 0.1) is 0 Å². The number of anilines is 2. The van der Waals surface area contributed by atoms with Crippen molar-refractivity contribution in [2.24, 2.45) is 0 Å². The number of hydrogen-bond donors (Lipinski definition) is 2. The lowest BCUT2D eigenvalue weighted by Gasteiger charge is -2.08. The Morgan fingerprint density at radius 2 is 1.81 bits per heavy atom. The standard InChI is InChI=1S/C20H15IN4O/c21-10-13-6-8-15(9-7-13)25-20-17-16(11-22-19(17)23-12-24-20)18(26)14-4-2-1-3-5-14/h1-9,11-12H,10H2,(H2,22,23,24,25). The van der Waals surface area contributed by atoms with Gasteiger partial charge in [-0.1, -0.05) is 65.1 Å². The molecule has 6 heteroatoms. The SMILES string of the molecule is O=C(c1ccccc1)c1c[nH]c2ncnc(Nc3ccc(CI)cc3)c12. The first-order valence-corrected chi connectivity index (χ1v) is 9.62. The second kappa shape index (κ2) is 7.25. The van der Waals surface area contributed by atoms with Gasteiger partial charge in [-0.25, -0.2) is 9.97 Å². The van der Waals surface area contributed by atoms with E-state index >= 15 is 0 Å². The van der Waals surface area contributed by atoms with Crippen molar-refractivity contribution in [2.45, 2.75) is 4.43 Å².